The second-order valence-corrected chi connectivity index (χ2v) is 7.14. The van der Waals surface area contributed by atoms with Gasteiger partial charge in [0, 0.05) is 18.1 Å². The van der Waals surface area contributed by atoms with Crippen LogP contribution < -0.4 is 0 Å². The number of Topliss-reactive ketones (excluding diaryl/α,β-unsaturated/α-hetero) is 1. The molecule has 4 aromatic rings. The maximum Gasteiger partial charge on any atom is 0.328 e. The van der Waals surface area contributed by atoms with Gasteiger partial charge in [-0.25, -0.2) is 9.78 Å². The molecule has 31 heavy (non-hydrogen) atoms. The first-order valence-corrected chi connectivity index (χ1v) is 9.58. The Labute approximate surface area is 185 Å². The van der Waals surface area contributed by atoms with E-state index in [1.54, 1.807) is 13.0 Å². The van der Waals surface area contributed by atoms with Crippen LogP contribution in [0.15, 0.2) is 72.8 Å². The number of rotatable bonds is 6. The number of imidazole rings is 1. The fourth-order valence-corrected chi connectivity index (χ4v) is 3.33. The van der Waals surface area contributed by atoms with Crippen LogP contribution in [0.4, 0.5) is 0 Å². The van der Waals surface area contributed by atoms with E-state index in [1.165, 1.54) is 0 Å². The number of ketones is 1. The summed E-state index contributed by atoms with van der Waals surface area (Å²) in [6, 6.07) is 21.4. The number of fused-ring (bicyclic) bond motifs is 1. The molecule has 1 aromatic heterocycles. The number of halogens is 1. The van der Waals surface area contributed by atoms with Gasteiger partial charge in [0.15, 0.2) is 5.78 Å². The largest absolute Gasteiger partial charge is 0.478 e. The molecule has 0 aliphatic heterocycles. The fourth-order valence-electron chi connectivity index (χ4n) is 3.33. The van der Waals surface area contributed by atoms with E-state index >= 15 is 0 Å². The van der Waals surface area contributed by atoms with E-state index < -0.39 is 5.97 Å². The molecule has 0 atom stereocenters. The molecule has 3 aromatic carbocycles. The molecule has 0 unspecified atom stereocenters. The second kappa shape index (κ2) is 9.41. The zero-order chi connectivity index (χ0) is 21.1. The first-order chi connectivity index (χ1) is 14.5. The number of nitrogens with one attached hydrogen (secondary N) is 1. The Morgan fingerprint density at radius 1 is 0.968 bits per heavy atom. The number of aromatic nitrogens is 2. The molecular formula is C25H21ClN2O3. The molecular weight excluding hydrogens is 412 g/mol. The van der Waals surface area contributed by atoms with Crippen molar-refractivity contribution in [1.82, 2.24) is 9.97 Å². The summed E-state index contributed by atoms with van der Waals surface area (Å²) in [5.74, 6) is -0.0421. The Bertz CT molecular complexity index is 1260. The summed E-state index contributed by atoms with van der Waals surface area (Å²) in [6.07, 6.45) is 3.34. The third kappa shape index (κ3) is 5.27. The highest BCUT2D eigenvalue weighted by molar-refractivity contribution is 5.94. The normalized spacial score (nSPS) is 10.9. The summed E-state index contributed by atoms with van der Waals surface area (Å²) >= 11 is 0. The predicted molar refractivity (Wildman–Crippen MR) is 125 cm³/mol. The van der Waals surface area contributed by atoms with E-state index in [2.05, 4.69) is 16.0 Å². The number of carboxylic acids is 1. The lowest BCUT2D eigenvalue weighted by Gasteiger charge is -2.03. The van der Waals surface area contributed by atoms with Crippen molar-refractivity contribution in [2.75, 3.05) is 0 Å². The molecule has 0 saturated carbocycles. The molecule has 1 heterocycles. The van der Waals surface area contributed by atoms with Gasteiger partial charge >= 0.3 is 5.97 Å². The molecule has 0 aliphatic rings. The van der Waals surface area contributed by atoms with E-state index in [9.17, 15) is 9.59 Å². The van der Waals surface area contributed by atoms with Gasteiger partial charge in [-0.2, -0.15) is 0 Å². The monoisotopic (exact) mass is 432 g/mol. The average Bonchev–Trinajstić information content (AvgIpc) is 3.14. The highest BCUT2D eigenvalue weighted by Crippen LogP contribution is 2.24. The third-order valence-corrected chi connectivity index (χ3v) is 4.93. The quantitative estimate of drug-likeness (QED) is 0.309. The number of nitrogens with zero attached hydrogens (tertiary/aromatic N) is 1. The molecule has 0 saturated heterocycles. The zero-order valence-electron chi connectivity index (χ0n) is 16.8. The molecule has 0 amide bonds. The van der Waals surface area contributed by atoms with E-state index in [0.29, 0.717) is 12.0 Å². The summed E-state index contributed by atoms with van der Waals surface area (Å²) in [5.41, 5.74) is 6.58. The van der Waals surface area contributed by atoms with Crippen molar-refractivity contribution in [3.63, 3.8) is 0 Å². The summed E-state index contributed by atoms with van der Waals surface area (Å²) in [6.45, 7) is 1.56. The maximum absolute atomic E-state index is 11.5. The average molecular weight is 433 g/mol. The predicted octanol–water partition coefficient (Wildman–Crippen LogP) is 5.54. The Hall–Kier alpha value is -3.70. The number of H-pyrrole nitrogens is 1. The topological polar surface area (TPSA) is 83.1 Å². The van der Waals surface area contributed by atoms with Crippen molar-refractivity contribution >= 4 is 41.3 Å². The number of aliphatic carboxylic acids is 1. The van der Waals surface area contributed by atoms with Gasteiger partial charge in [-0.15, -0.1) is 12.4 Å². The van der Waals surface area contributed by atoms with Gasteiger partial charge in [-0.3, -0.25) is 4.79 Å². The van der Waals surface area contributed by atoms with Crippen LogP contribution in [0, 0.1) is 0 Å². The Morgan fingerprint density at radius 2 is 1.65 bits per heavy atom. The van der Waals surface area contributed by atoms with Crippen molar-refractivity contribution in [1.29, 1.82) is 0 Å². The molecule has 0 aliphatic carbocycles. The van der Waals surface area contributed by atoms with E-state index in [1.807, 2.05) is 60.7 Å². The van der Waals surface area contributed by atoms with Crippen LogP contribution in [0.3, 0.4) is 0 Å². The Balaban J connectivity index is 0.00000272. The van der Waals surface area contributed by atoms with Crippen LogP contribution in [0.25, 0.3) is 28.2 Å². The Kier molecular flexibility index (Phi) is 6.68. The van der Waals surface area contributed by atoms with E-state index in [4.69, 9.17) is 5.11 Å². The van der Waals surface area contributed by atoms with Crippen molar-refractivity contribution < 1.29 is 14.7 Å². The molecule has 156 valence electrons. The van der Waals surface area contributed by atoms with Gasteiger partial charge in [0.05, 0.1) is 11.0 Å². The minimum absolute atomic E-state index is 0. The molecule has 0 fully saturated rings. The summed E-state index contributed by atoms with van der Waals surface area (Å²) < 4.78 is 0. The lowest BCUT2D eigenvalue weighted by atomic mass is 10.0. The maximum atomic E-state index is 11.5. The first kappa shape index (κ1) is 22.0. The summed E-state index contributed by atoms with van der Waals surface area (Å²) in [5, 5.41) is 8.71. The van der Waals surface area contributed by atoms with Gasteiger partial charge in [-0.05, 0) is 47.4 Å². The molecule has 5 nitrogen and oxygen atoms in total. The van der Waals surface area contributed by atoms with Gasteiger partial charge < -0.3 is 10.1 Å². The van der Waals surface area contributed by atoms with Gasteiger partial charge in [0.1, 0.15) is 5.82 Å². The lowest BCUT2D eigenvalue weighted by Crippen LogP contribution is -1.91. The first-order valence-electron chi connectivity index (χ1n) is 9.58. The van der Waals surface area contributed by atoms with E-state index in [-0.39, 0.29) is 18.2 Å². The SMILES string of the molecule is CC(=O)c1ccc(-c2ccc3nc(Cc4ccc(/C=C/C(=O)O)cc4)[nH]c3c2)cc1.Cl. The zero-order valence-corrected chi connectivity index (χ0v) is 17.6. The standard InChI is InChI=1S/C25H20N2O3.ClH/c1-16(28)19-7-9-20(10-8-19)21-11-12-22-23(15-21)27-24(26-22)14-18-4-2-17(3-5-18)6-13-25(29)30;/h2-13,15H,14H2,1H3,(H,26,27)(H,29,30);1H/b13-6+;. The number of benzene rings is 3. The van der Waals surface area contributed by atoms with E-state index in [0.717, 1.165) is 45.2 Å². The molecule has 0 bridgehead atoms. The number of carbonyl (C=O) groups excluding carboxylic acids is 1. The van der Waals surface area contributed by atoms with Crippen molar-refractivity contribution in [3.8, 4) is 11.1 Å². The number of hydrogen-bond donors (Lipinski definition) is 2. The van der Waals surface area contributed by atoms with Crippen LogP contribution in [-0.4, -0.2) is 26.8 Å². The molecule has 0 radical (unpaired) electrons. The molecule has 4 rings (SSSR count). The summed E-state index contributed by atoms with van der Waals surface area (Å²) in [4.78, 5) is 30.1. The van der Waals surface area contributed by atoms with Crippen LogP contribution in [-0.2, 0) is 11.2 Å². The van der Waals surface area contributed by atoms with Crippen molar-refractivity contribution in [2.45, 2.75) is 13.3 Å². The van der Waals surface area contributed by atoms with Gasteiger partial charge in [0.2, 0.25) is 0 Å². The molecule has 0 spiro atoms. The minimum atomic E-state index is -0.962. The number of hydrogen-bond acceptors (Lipinski definition) is 3. The minimum Gasteiger partial charge on any atom is -0.478 e. The van der Waals surface area contributed by atoms with Gasteiger partial charge in [-0.1, -0.05) is 54.6 Å². The lowest BCUT2D eigenvalue weighted by molar-refractivity contribution is -0.131. The molecule has 6 heteroatoms. The second-order valence-electron chi connectivity index (χ2n) is 7.14. The van der Waals surface area contributed by atoms with Crippen LogP contribution in [0.5, 0.6) is 0 Å². The smallest absolute Gasteiger partial charge is 0.328 e. The highest BCUT2D eigenvalue weighted by Gasteiger charge is 2.07. The van der Waals surface area contributed by atoms with Crippen LogP contribution in [0.2, 0.25) is 0 Å². The van der Waals surface area contributed by atoms with Crippen molar-refractivity contribution in [3.05, 3.63) is 95.3 Å². The number of aromatic amines is 1. The highest BCUT2D eigenvalue weighted by atomic mass is 35.5. The summed E-state index contributed by atoms with van der Waals surface area (Å²) in [7, 11) is 0. The van der Waals surface area contributed by atoms with Gasteiger partial charge in [0.25, 0.3) is 0 Å². The Morgan fingerprint density at radius 3 is 2.29 bits per heavy atom. The third-order valence-electron chi connectivity index (χ3n) is 4.93. The van der Waals surface area contributed by atoms with Crippen molar-refractivity contribution in [2.24, 2.45) is 0 Å². The fraction of sp³-hybridized carbons (Fsp3) is 0.0800. The number of carbonyl (C=O) groups is 2. The molecule has 2 N–H and O–H groups in total. The van der Waals surface area contributed by atoms with Crippen LogP contribution in [0.1, 0.15) is 34.2 Å². The van der Waals surface area contributed by atoms with Crippen LogP contribution >= 0.6 is 12.4 Å². The number of carboxylic acid groups (broad SMARTS) is 1.